The zero-order chi connectivity index (χ0) is 13.9. The normalized spacial score (nSPS) is 11.5. The summed E-state index contributed by atoms with van der Waals surface area (Å²) in [5, 5.41) is 4.99. The Morgan fingerprint density at radius 2 is 2.11 bits per heavy atom. The van der Waals surface area contributed by atoms with E-state index in [9.17, 15) is 8.42 Å². The fourth-order valence-corrected chi connectivity index (χ4v) is 2.24. The van der Waals surface area contributed by atoms with Gasteiger partial charge in [-0.25, -0.2) is 13.4 Å². The van der Waals surface area contributed by atoms with E-state index in [1.165, 1.54) is 6.26 Å². The van der Waals surface area contributed by atoms with E-state index in [4.69, 9.17) is 4.74 Å². The highest BCUT2D eigenvalue weighted by molar-refractivity contribution is 7.90. The van der Waals surface area contributed by atoms with Crippen LogP contribution in [0.2, 0.25) is 0 Å². The van der Waals surface area contributed by atoms with Crippen LogP contribution >= 0.6 is 0 Å². The van der Waals surface area contributed by atoms with Crippen molar-refractivity contribution in [2.45, 2.75) is 0 Å². The molecule has 1 aromatic carbocycles. The molecule has 6 heteroatoms. The summed E-state index contributed by atoms with van der Waals surface area (Å²) < 4.78 is 27.4. The van der Waals surface area contributed by atoms with Crippen molar-refractivity contribution in [1.29, 1.82) is 0 Å². The summed E-state index contributed by atoms with van der Waals surface area (Å²) in [5.74, 6) is 1.49. The van der Waals surface area contributed by atoms with Gasteiger partial charge in [-0.15, -0.1) is 0 Å². The van der Waals surface area contributed by atoms with Gasteiger partial charge < -0.3 is 10.1 Å². The molecular weight excluding hydrogens is 264 g/mol. The third-order valence-electron chi connectivity index (χ3n) is 2.74. The molecule has 102 valence electrons. The smallest absolute Gasteiger partial charge is 0.149 e. The Labute approximate surface area is 112 Å². The first kappa shape index (κ1) is 13.6. The molecule has 0 fully saturated rings. The number of anilines is 1. The fourth-order valence-electron chi connectivity index (χ4n) is 1.77. The summed E-state index contributed by atoms with van der Waals surface area (Å²) in [6, 6.07) is 7.60. The molecule has 0 aliphatic rings. The zero-order valence-electron chi connectivity index (χ0n) is 10.9. The minimum absolute atomic E-state index is 0.0784. The van der Waals surface area contributed by atoms with Gasteiger partial charge in [-0.2, -0.15) is 0 Å². The second-order valence-electron chi connectivity index (χ2n) is 4.30. The van der Waals surface area contributed by atoms with Crippen LogP contribution < -0.4 is 10.1 Å². The molecule has 0 saturated heterocycles. The lowest BCUT2D eigenvalue weighted by atomic mass is 10.1. The summed E-state index contributed by atoms with van der Waals surface area (Å²) in [7, 11) is -1.37. The molecule has 0 radical (unpaired) electrons. The van der Waals surface area contributed by atoms with Crippen molar-refractivity contribution >= 4 is 26.4 Å². The van der Waals surface area contributed by atoms with Crippen molar-refractivity contribution in [1.82, 2.24) is 4.98 Å². The van der Waals surface area contributed by atoms with Gasteiger partial charge in [-0.3, -0.25) is 0 Å². The van der Waals surface area contributed by atoms with E-state index in [0.717, 1.165) is 16.5 Å². The summed E-state index contributed by atoms with van der Waals surface area (Å²) in [6.45, 7) is 0.335. The van der Waals surface area contributed by atoms with Gasteiger partial charge in [0.25, 0.3) is 0 Å². The minimum Gasteiger partial charge on any atom is -0.497 e. The van der Waals surface area contributed by atoms with Gasteiger partial charge in [0.05, 0.1) is 12.9 Å². The number of pyridine rings is 1. The van der Waals surface area contributed by atoms with Crippen LogP contribution in [-0.4, -0.2) is 39.1 Å². The van der Waals surface area contributed by atoms with Crippen LogP contribution in [0.5, 0.6) is 5.75 Å². The lowest BCUT2D eigenvalue weighted by molar-refractivity contribution is 0.415. The van der Waals surface area contributed by atoms with Gasteiger partial charge in [0.15, 0.2) is 0 Å². The highest BCUT2D eigenvalue weighted by Crippen LogP contribution is 2.25. The van der Waals surface area contributed by atoms with Crippen LogP contribution in [0.25, 0.3) is 10.8 Å². The first-order valence-electron chi connectivity index (χ1n) is 5.84. The van der Waals surface area contributed by atoms with Crippen molar-refractivity contribution in [3.63, 3.8) is 0 Å². The lowest BCUT2D eigenvalue weighted by Gasteiger charge is -2.09. The molecule has 2 aromatic rings. The molecule has 5 nitrogen and oxygen atoms in total. The Morgan fingerprint density at radius 1 is 1.32 bits per heavy atom. The maximum absolute atomic E-state index is 11.1. The van der Waals surface area contributed by atoms with Gasteiger partial charge >= 0.3 is 0 Å². The summed E-state index contributed by atoms with van der Waals surface area (Å²) >= 11 is 0. The number of ether oxygens (including phenoxy) is 1. The lowest BCUT2D eigenvalue weighted by Crippen LogP contribution is -2.14. The number of nitrogens with one attached hydrogen (secondary N) is 1. The van der Waals surface area contributed by atoms with Crippen LogP contribution in [0.4, 0.5) is 5.82 Å². The molecule has 2 rings (SSSR count). The van der Waals surface area contributed by atoms with E-state index < -0.39 is 9.84 Å². The molecule has 1 aromatic heterocycles. The van der Waals surface area contributed by atoms with Crippen LogP contribution in [0.1, 0.15) is 0 Å². The fraction of sp³-hybridized carbons (Fsp3) is 0.308. The van der Waals surface area contributed by atoms with E-state index in [1.807, 2.05) is 24.3 Å². The first-order chi connectivity index (χ1) is 8.99. The standard InChI is InChI=1S/C13H16N2O3S/c1-18-11-4-3-10-5-6-14-13(12(10)9-11)15-7-8-19(2,16)17/h3-6,9H,7-8H2,1-2H3,(H,14,15). The predicted octanol–water partition coefficient (Wildman–Crippen LogP) is 1.70. The Morgan fingerprint density at radius 3 is 2.79 bits per heavy atom. The van der Waals surface area contributed by atoms with Gasteiger partial charge in [-0.1, -0.05) is 6.07 Å². The number of hydrogen-bond donors (Lipinski definition) is 1. The van der Waals surface area contributed by atoms with Crippen molar-refractivity contribution in [3.8, 4) is 5.75 Å². The molecule has 1 N–H and O–H groups in total. The summed E-state index contributed by atoms with van der Waals surface area (Å²) in [6.07, 6.45) is 2.91. The molecule has 0 amide bonds. The largest absolute Gasteiger partial charge is 0.497 e. The Hall–Kier alpha value is -1.82. The number of fused-ring (bicyclic) bond motifs is 1. The predicted molar refractivity (Wildman–Crippen MR) is 76.5 cm³/mol. The topological polar surface area (TPSA) is 68.3 Å². The van der Waals surface area contributed by atoms with Gasteiger partial charge in [0, 0.05) is 24.4 Å². The molecule has 0 unspecified atom stereocenters. The van der Waals surface area contributed by atoms with Crippen molar-refractivity contribution in [2.24, 2.45) is 0 Å². The van der Waals surface area contributed by atoms with Crippen molar-refractivity contribution in [2.75, 3.05) is 31.0 Å². The molecule has 0 saturated carbocycles. The monoisotopic (exact) mass is 280 g/mol. The highest BCUT2D eigenvalue weighted by Gasteiger charge is 2.06. The van der Waals surface area contributed by atoms with Crippen LogP contribution in [-0.2, 0) is 9.84 Å². The second kappa shape index (κ2) is 5.44. The zero-order valence-corrected chi connectivity index (χ0v) is 11.7. The molecule has 1 heterocycles. The first-order valence-corrected chi connectivity index (χ1v) is 7.90. The number of aromatic nitrogens is 1. The maximum atomic E-state index is 11.1. The number of hydrogen-bond acceptors (Lipinski definition) is 5. The number of methoxy groups -OCH3 is 1. The molecule has 0 spiro atoms. The number of benzene rings is 1. The quantitative estimate of drug-likeness (QED) is 0.903. The third-order valence-corrected chi connectivity index (χ3v) is 3.68. The van der Waals surface area contributed by atoms with E-state index in [1.54, 1.807) is 13.3 Å². The number of rotatable bonds is 5. The van der Waals surface area contributed by atoms with E-state index in [2.05, 4.69) is 10.3 Å². The summed E-state index contributed by atoms with van der Waals surface area (Å²) in [5.41, 5.74) is 0. The highest BCUT2D eigenvalue weighted by atomic mass is 32.2. The minimum atomic E-state index is -2.98. The molecular formula is C13H16N2O3S. The Kier molecular flexibility index (Phi) is 3.90. The van der Waals surface area contributed by atoms with Crippen molar-refractivity contribution in [3.05, 3.63) is 30.5 Å². The molecule has 0 aliphatic heterocycles. The number of sulfone groups is 1. The molecule has 0 bridgehead atoms. The third kappa shape index (κ3) is 3.57. The van der Waals surface area contributed by atoms with Gasteiger partial charge in [0.2, 0.25) is 0 Å². The van der Waals surface area contributed by atoms with Crippen molar-refractivity contribution < 1.29 is 13.2 Å². The van der Waals surface area contributed by atoms with E-state index >= 15 is 0 Å². The Balaban J connectivity index is 2.27. The SMILES string of the molecule is COc1ccc2ccnc(NCCS(C)(=O)=O)c2c1. The molecule has 0 atom stereocenters. The molecule has 19 heavy (non-hydrogen) atoms. The van der Waals surface area contributed by atoms with Gasteiger partial charge in [-0.05, 0) is 23.6 Å². The average molecular weight is 280 g/mol. The second-order valence-corrected chi connectivity index (χ2v) is 6.56. The van der Waals surface area contributed by atoms with E-state index in [0.29, 0.717) is 12.4 Å². The van der Waals surface area contributed by atoms with Crippen LogP contribution in [0.3, 0.4) is 0 Å². The number of nitrogens with zero attached hydrogens (tertiary/aromatic N) is 1. The van der Waals surface area contributed by atoms with Gasteiger partial charge in [0.1, 0.15) is 21.4 Å². The van der Waals surface area contributed by atoms with Crippen LogP contribution in [0, 0.1) is 0 Å². The molecule has 0 aliphatic carbocycles. The van der Waals surface area contributed by atoms with E-state index in [-0.39, 0.29) is 5.75 Å². The summed E-state index contributed by atoms with van der Waals surface area (Å²) in [4.78, 5) is 4.24. The average Bonchev–Trinajstić information content (AvgIpc) is 2.37. The Bertz CT molecular complexity index is 683. The maximum Gasteiger partial charge on any atom is 0.149 e. The van der Waals surface area contributed by atoms with Crippen LogP contribution in [0.15, 0.2) is 30.5 Å².